The summed E-state index contributed by atoms with van der Waals surface area (Å²) in [5, 5.41) is 0. The largest absolute Gasteiger partial charge is 0.336 e. The molecule has 5 rings (SSSR count). The van der Waals surface area contributed by atoms with Gasteiger partial charge in [0.1, 0.15) is 0 Å². The first-order valence-corrected chi connectivity index (χ1v) is 11.6. The van der Waals surface area contributed by atoms with E-state index in [9.17, 15) is 14.4 Å². The fourth-order valence-corrected chi connectivity index (χ4v) is 4.69. The number of imide groups is 1. The maximum Gasteiger partial charge on any atom is 0.266 e. The molecule has 0 radical (unpaired) electrons. The number of hydrogen-bond donors (Lipinski definition) is 0. The van der Waals surface area contributed by atoms with E-state index in [2.05, 4.69) is 17.0 Å². The Bertz CT molecular complexity index is 1280. The molecule has 0 atom stereocenters. The Hall–Kier alpha value is -3.77. The van der Waals surface area contributed by atoms with Crippen molar-refractivity contribution in [3.8, 4) is 0 Å². The molecule has 0 aliphatic carbocycles. The van der Waals surface area contributed by atoms with E-state index in [1.165, 1.54) is 10.5 Å². The summed E-state index contributed by atoms with van der Waals surface area (Å²) < 4.78 is 0. The van der Waals surface area contributed by atoms with Gasteiger partial charge in [-0.1, -0.05) is 42.5 Å². The SMILES string of the molecule is Cc1ccc(C)c(N2C(=O)c3ccc(C(=O)N4CCN(Cc5ccccc5)CC4)cc3C2=O)c1. The summed E-state index contributed by atoms with van der Waals surface area (Å²) in [5.41, 5.74) is 4.75. The van der Waals surface area contributed by atoms with E-state index in [-0.39, 0.29) is 17.7 Å². The Morgan fingerprint density at radius 3 is 2.24 bits per heavy atom. The molecule has 172 valence electrons. The molecule has 2 aliphatic heterocycles. The molecule has 3 aromatic carbocycles. The number of nitrogens with zero attached hydrogens (tertiary/aromatic N) is 3. The lowest BCUT2D eigenvalue weighted by molar-refractivity contribution is 0.0628. The molecule has 2 aliphatic rings. The van der Waals surface area contributed by atoms with Crippen molar-refractivity contribution in [1.29, 1.82) is 0 Å². The van der Waals surface area contributed by atoms with Crippen molar-refractivity contribution in [3.63, 3.8) is 0 Å². The Labute approximate surface area is 199 Å². The summed E-state index contributed by atoms with van der Waals surface area (Å²) >= 11 is 0. The summed E-state index contributed by atoms with van der Waals surface area (Å²) in [4.78, 5) is 44.8. The Balaban J connectivity index is 1.31. The lowest BCUT2D eigenvalue weighted by atomic mass is 10.0. The molecule has 0 N–H and O–H groups in total. The maximum atomic E-state index is 13.2. The van der Waals surface area contributed by atoms with Crippen molar-refractivity contribution in [2.75, 3.05) is 31.1 Å². The van der Waals surface area contributed by atoms with Gasteiger partial charge < -0.3 is 4.90 Å². The van der Waals surface area contributed by atoms with Crippen LogP contribution in [-0.2, 0) is 6.54 Å². The zero-order chi connectivity index (χ0) is 23.8. The molecule has 0 saturated carbocycles. The highest BCUT2D eigenvalue weighted by Gasteiger charge is 2.38. The quantitative estimate of drug-likeness (QED) is 0.559. The zero-order valence-corrected chi connectivity index (χ0v) is 19.5. The first kappa shape index (κ1) is 22.0. The number of carbonyl (C=O) groups excluding carboxylic acids is 3. The summed E-state index contributed by atoms with van der Waals surface area (Å²) in [6.07, 6.45) is 0. The second-order valence-corrected chi connectivity index (χ2v) is 9.05. The predicted molar refractivity (Wildman–Crippen MR) is 131 cm³/mol. The van der Waals surface area contributed by atoms with Crippen LogP contribution in [0.2, 0.25) is 0 Å². The minimum atomic E-state index is -0.379. The lowest BCUT2D eigenvalue weighted by Gasteiger charge is -2.34. The van der Waals surface area contributed by atoms with Crippen LogP contribution in [0, 0.1) is 13.8 Å². The predicted octanol–water partition coefficient (Wildman–Crippen LogP) is 4.06. The molecule has 0 spiro atoms. The summed E-state index contributed by atoms with van der Waals surface area (Å²) in [6.45, 7) is 7.52. The van der Waals surface area contributed by atoms with Crippen molar-refractivity contribution in [2.45, 2.75) is 20.4 Å². The smallest absolute Gasteiger partial charge is 0.266 e. The highest BCUT2D eigenvalue weighted by molar-refractivity contribution is 6.35. The van der Waals surface area contributed by atoms with Crippen molar-refractivity contribution in [3.05, 3.63) is 100 Å². The minimum absolute atomic E-state index is 0.104. The van der Waals surface area contributed by atoms with E-state index in [0.717, 1.165) is 30.8 Å². The van der Waals surface area contributed by atoms with Gasteiger partial charge in [-0.3, -0.25) is 19.3 Å². The van der Waals surface area contributed by atoms with E-state index in [1.807, 2.05) is 55.1 Å². The number of fused-ring (bicyclic) bond motifs is 1. The van der Waals surface area contributed by atoms with E-state index < -0.39 is 0 Å². The number of piperazine rings is 1. The van der Waals surface area contributed by atoms with Gasteiger partial charge in [0, 0.05) is 38.3 Å². The number of aryl methyl sites for hydroxylation is 2. The Morgan fingerprint density at radius 1 is 0.794 bits per heavy atom. The molecule has 0 bridgehead atoms. The average Bonchev–Trinajstić information content (AvgIpc) is 3.10. The molecular formula is C28H27N3O3. The Morgan fingerprint density at radius 2 is 1.50 bits per heavy atom. The fourth-order valence-electron chi connectivity index (χ4n) is 4.69. The van der Waals surface area contributed by atoms with Crippen LogP contribution in [0.15, 0.2) is 66.7 Å². The molecule has 3 aromatic rings. The van der Waals surface area contributed by atoms with Gasteiger partial charge in [0.05, 0.1) is 16.8 Å². The molecule has 6 nitrogen and oxygen atoms in total. The van der Waals surface area contributed by atoms with E-state index in [1.54, 1.807) is 18.2 Å². The first-order chi connectivity index (χ1) is 16.4. The van der Waals surface area contributed by atoms with E-state index >= 15 is 0 Å². The van der Waals surface area contributed by atoms with Gasteiger partial charge >= 0.3 is 0 Å². The van der Waals surface area contributed by atoms with Crippen molar-refractivity contribution in [2.24, 2.45) is 0 Å². The summed E-state index contributed by atoms with van der Waals surface area (Å²) in [7, 11) is 0. The second kappa shape index (κ2) is 8.88. The minimum Gasteiger partial charge on any atom is -0.336 e. The molecule has 1 saturated heterocycles. The molecular weight excluding hydrogens is 426 g/mol. The molecule has 6 heteroatoms. The van der Waals surface area contributed by atoms with Gasteiger partial charge in [-0.05, 0) is 54.8 Å². The highest BCUT2D eigenvalue weighted by atomic mass is 16.2. The van der Waals surface area contributed by atoms with E-state index in [0.29, 0.717) is 35.5 Å². The van der Waals surface area contributed by atoms with Gasteiger partial charge in [-0.2, -0.15) is 0 Å². The molecule has 34 heavy (non-hydrogen) atoms. The second-order valence-electron chi connectivity index (χ2n) is 9.05. The van der Waals surface area contributed by atoms with Crippen molar-refractivity contribution >= 4 is 23.4 Å². The third-order valence-electron chi connectivity index (χ3n) is 6.65. The molecule has 0 aromatic heterocycles. The van der Waals surface area contributed by atoms with Gasteiger partial charge in [0.25, 0.3) is 17.7 Å². The van der Waals surface area contributed by atoms with Crippen LogP contribution in [0.5, 0.6) is 0 Å². The lowest BCUT2D eigenvalue weighted by Crippen LogP contribution is -2.48. The van der Waals surface area contributed by atoms with Crippen LogP contribution < -0.4 is 4.90 Å². The normalized spacial score (nSPS) is 16.2. The number of carbonyl (C=O) groups is 3. The Kier molecular flexibility index (Phi) is 5.75. The maximum absolute atomic E-state index is 13.2. The highest BCUT2D eigenvalue weighted by Crippen LogP contribution is 2.32. The van der Waals surface area contributed by atoms with Gasteiger partial charge in [0.15, 0.2) is 0 Å². The average molecular weight is 454 g/mol. The topological polar surface area (TPSA) is 60.9 Å². The molecule has 1 fully saturated rings. The molecule has 2 heterocycles. The molecule has 0 unspecified atom stereocenters. The van der Waals surface area contributed by atoms with Crippen LogP contribution in [0.1, 0.15) is 47.8 Å². The number of anilines is 1. The first-order valence-electron chi connectivity index (χ1n) is 11.6. The number of rotatable bonds is 4. The summed E-state index contributed by atoms with van der Waals surface area (Å²) in [5.74, 6) is -0.828. The van der Waals surface area contributed by atoms with Crippen molar-refractivity contribution < 1.29 is 14.4 Å². The van der Waals surface area contributed by atoms with E-state index in [4.69, 9.17) is 0 Å². The van der Waals surface area contributed by atoms with Crippen LogP contribution >= 0.6 is 0 Å². The third kappa shape index (κ3) is 4.01. The van der Waals surface area contributed by atoms with Gasteiger partial charge in [-0.25, -0.2) is 4.90 Å². The number of hydrogen-bond acceptors (Lipinski definition) is 4. The molecule has 3 amide bonds. The van der Waals surface area contributed by atoms with Crippen LogP contribution in [0.3, 0.4) is 0 Å². The van der Waals surface area contributed by atoms with Crippen LogP contribution in [0.4, 0.5) is 5.69 Å². The van der Waals surface area contributed by atoms with Crippen molar-refractivity contribution in [1.82, 2.24) is 9.80 Å². The standard InChI is InChI=1S/C28H27N3O3/c1-19-8-9-20(2)25(16-19)31-27(33)23-11-10-22(17-24(23)28(31)34)26(32)30-14-12-29(13-15-30)18-21-6-4-3-5-7-21/h3-11,16-17H,12-15,18H2,1-2H3. The summed E-state index contributed by atoms with van der Waals surface area (Å²) in [6, 6.07) is 20.9. The van der Waals surface area contributed by atoms with Gasteiger partial charge in [-0.15, -0.1) is 0 Å². The fraction of sp³-hybridized carbons (Fsp3) is 0.250. The third-order valence-corrected chi connectivity index (χ3v) is 6.65. The van der Waals surface area contributed by atoms with Crippen LogP contribution in [0.25, 0.3) is 0 Å². The monoisotopic (exact) mass is 453 g/mol. The number of benzene rings is 3. The van der Waals surface area contributed by atoms with Crippen LogP contribution in [-0.4, -0.2) is 53.7 Å². The van der Waals surface area contributed by atoms with Gasteiger partial charge in [0.2, 0.25) is 0 Å². The zero-order valence-electron chi connectivity index (χ0n) is 19.5. The number of amides is 3.